The van der Waals surface area contributed by atoms with Gasteiger partial charge in [0, 0.05) is 55.9 Å². The molecule has 0 saturated carbocycles. The first-order valence-electron chi connectivity index (χ1n) is 34.9. The van der Waals surface area contributed by atoms with Crippen LogP contribution in [-0.2, 0) is 57.5 Å². The highest BCUT2D eigenvalue weighted by atomic mass is 16.5. The molecule has 2 aliphatic heterocycles. The lowest BCUT2D eigenvalue weighted by molar-refractivity contribution is -0.157. The van der Waals surface area contributed by atoms with Crippen molar-refractivity contribution >= 4 is 65.0 Å². The number of carbonyl (C=O) groups excluding carboxylic acids is 11. The smallest absolute Gasteiger partial charge is 0.248 e. The molecule has 0 aliphatic carbocycles. The zero-order valence-electron chi connectivity index (χ0n) is 62.4. The first-order chi connectivity index (χ1) is 44.2. The van der Waals surface area contributed by atoms with Crippen LogP contribution in [0.5, 0.6) is 0 Å². The number of aliphatic hydroxyl groups excluding tert-OH is 1. The third-order valence-electron chi connectivity index (χ3n) is 18.7. The topological polar surface area (TPSA) is 291 Å². The van der Waals surface area contributed by atoms with Gasteiger partial charge in [-0.1, -0.05) is 109 Å². The Morgan fingerprint density at radius 1 is 0.484 bits per heavy atom. The van der Waals surface area contributed by atoms with E-state index in [2.05, 4.69) is 26.2 Å². The number of ether oxygens (including phenoxy) is 1. The van der Waals surface area contributed by atoms with Crippen molar-refractivity contribution < 1.29 is 62.6 Å². The molecular formula is C70H126N12O13. The average molecular weight is 1340 g/mol. The second-order valence-electron chi connectivity index (χ2n) is 29.3. The zero-order chi connectivity index (χ0) is 72.8. The summed E-state index contributed by atoms with van der Waals surface area (Å²) in [5, 5.41) is 23.5. The van der Waals surface area contributed by atoms with Crippen LogP contribution in [-0.4, -0.2) is 264 Å². The minimum atomic E-state index is -1.65. The monoisotopic (exact) mass is 1340 g/mol. The Morgan fingerprint density at radius 2 is 0.937 bits per heavy atom. The summed E-state index contributed by atoms with van der Waals surface area (Å²) < 4.78 is 6.24. The Balaban J connectivity index is 3.10. The van der Waals surface area contributed by atoms with Crippen molar-refractivity contribution in [2.45, 2.75) is 248 Å². The van der Waals surface area contributed by atoms with Crippen LogP contribution >= 0.6 is 0 Å². The Bertz CT molecular complexity index is 2570. The number of aliphatic hydroxyl groups is 1. The fourth-order valence-electron chi connectivity index (χ4n) is 12.5. The summed E-state index contributed by atoms with van der Waals surface area (Å²) in [6, 6.07) is -14.0. The van der Waals surface area contributed by atoms with E-state index in [-0.39, 0.29) is 69.0 Å². The Hall–Kier alpha value is -6.21. The van der Waals surface area contributed by atoms with Crippen molar-refractivity contribution in [1.82, 2.24) is 60.5 Å². The Morgan fingerprint density at radius 3 is 1.43 bits per heavy atom. The number of nitrogens with zero attached hydrogens (tertiary/aromatic N) is 8. The lowest BCUT2D eigenvalue weighted by atomic mass is 9.91. The molecule has 0 aromatic rings. The highest BCUT2D eigenvalue weighted by molar-refractivity contribution is 6.00. The normalized spacial score (nSPS) is 27.2. The minimum absolute atomic E-state index is 0.0160. The van der Waals surface area contributed by atoms with E-state index in [0.29, 0.717) is 19.4 Å². The molecule has 2 fully saturated rings. The number of carbonyl (C=O) groups is 11. The lowest BCUT2D eigenvalue weighted by Gasteiger charge is -2.41. The van der Waals surface area contributed by atoms with Gasteiger partial charge in [-0.2, -0.15) is 0 Å². The maximum absolute atomic E-state index is 15.4. The molecule has 2 heterocycles. The van der Waals surface area contributed by atoms with Gasteiger partial charge in [-0.15, -0.1) is 0 Å². The van der Waals surface area contributed by atoms with Gasteiger partial charge in [0.1, 0.15) is 66.5 Å². The van der Waals surface area contributed by atoms with Gasteiger partial charge in [0.2, 0.25) is 65.0 Å². The number of hydrogen-bond donors (Lipinski definition) is 5. The number of nitrogens with one attached hydrogen (secondary N) is 4. The van der Waals surface area contributed by atoms with E-state index < -0.39 is 155 Å². The van der Waals surface area contributed by atoms with Gasteiger partial charge >= 0.3 is 0 Å². The number of likely N-dealkylation sites (tertiary alicyclic amines) is 1. The number of allylic oxidation sites excluding steroid dienone is 2. The predicted octanol–water partition coefficient (Wildman–Crippen LogP) is 4.14. The first kappa shape index (κ1) is 84.9. The van der Waals surface area contributed by atoms with Crippen molar-refractivity contribution in [3.05, 3.63) is 12.2 Å². The molecule has 25 heteroatoms. The molecule has 0 radical (unpaired) electrons. The van der Waals surface area contributed by atoms with Crippen LogP contribution in [0.4, 0.5) is 0 Å². The fourth-order valence-corrected chi connectivity index (χ4v) is 12.5. The van der Waals surface area contributed by atoms with E-state index in [1.807, 2.05) is 68.4 Å². The quantitative estimate of drug-likeness (QED) is 0.0798. The number of rotatable bonds is 21. The van der Waals surface area contributed by atoms with E-state index in [1.54, 1.807) is 47.6 Å². The van der Waals surface area contributed by atoms with Gasteiger partial charge in [-0.3, -0.25) is 52.7 Å². The van der Waals surface area contributed by atoms with Crippen LogP contribution < -0.4 is 21.3 Å². The predicted molar refractivity (Wildman–Crippen MR) is 368 cm³/mol. The molecule has 0 spiro atoms. The zero-order valence-corrected chi connectivity index (χ0v) is 62.4. The van der Waals surface area contributed by atoms with Gasteiger partial charge < -0.3 is 70.3 Å². The van der Waals surface area contributed by atoms with E-state index in [4.69, 9.17) is 4.74 Å². The molecule has 0 aromatic heterocycles. The standard InChI is InChI=1S/C70H126N12O13/c1-25-27-30-47(15)59(83)58-63(87)73-50(26-2)65(89)79(22)55(40-95-36-35-82-33-28-29-34-82)68(92)76(19)52(37-42(5)6)62(86)74-56(45(11)12)69(93)75(18)51(32-31-41(3)4)61(85)71-48(16)60(84)72-49(17)64(88)77(20)53(38-43(7)8)66(90)78(21)54(39-44(9)10)67(91)80(23)57(46(13)14)70(94)81(58)24/h25,27,41-59,83H,26,28-40H2,1-24H3,(H,71,85)(H,72,84)(H,73,87)(H,74,86)/b27-25+/t47-,48-,49+,50+,51-,52+,53+,54+,55-,56-,57+,58+,59-/m1/s1. The summed E-state index contributed by atoms with van der Waals surface area (Å²) in [6.07, 6.45) is 5.50. The van der Waals surface area contributed by atoms with Crippen LogP contribution in [0.2, 0.25) is 0 Å². The summed E-state index contributed by atoms with van der Waals surface area (Å²) in [5.41, 5.74) is 0. The van der Waals surface area contributed by atoms with E-state index in [1.165, 1.54) is 92.6 Å². The van der Waals surface area contributed by atoms with Crippen LogP contribution in [0, 0.1) is 41.4 Å². The van der Waals surface area contributed by atoms with E-state index in [9.17, 15) is 29.1 Å². The maximum atomic E-state index is 15.4. The second-order valence-corrected chi connectivity index (χ2v) is 29.3. The van der Waals surface area contributed by atoms with Crippen LogP contribution in [0.1, 0.15) is 175 Å². The molecule has 13 atom stereocenters. The second kappa shape index (κ2) is 39.9. The van der Waals surface area contributed by atoms with Gasteiger partial charge in [-0.25, -0.2) is 0 Å². The van der Waals surface area contributed by atoms with Gasteiger partial charge in [0.25, 0.3) is 0 Å². The summed E-state index contributed by atoms with van der Waals surface area (Å²) in [7, 11) is 10.0. The number of amides is 11. The van der Waals surface area contributed by atoms with Crippen LogP contribution in [0.25, 0.3) is 0 Å². The first-order valence-corrected chi connectivity index (χ1v) is 34.9. The lowest BCUT2D eigenvalue weighted by Crippen LogP contribution is -2.64. The maximum Gasteiger partial charge on any atom is 0.248 e. The highest BCUT2D eigenvalue weighted by Gasteiger charge is 2.46. The van der Waals surface area contributed by atoms with Crippen LogP contribution in [0.3, 0.4) is 0 Å². The van der Waals surface area contributed by atoms with Crippen molar-refractivity contribution in [2.24, 2.45) is 41.4 Å². The molecule has 2 aliphatic rings. The van der Waals surface area contributed by atoms with Crippen molar-refractivity contribution in [1.29, 1.82) is 0 Å². The number of likely N-dealkylation sites (N-methyl/N-ethyl adjacent to an activating group) is 7. The van der Waals surface area contributed by atoms with Gasteiger partial charge in [0.15, 0.2) is 0 Å². The van der Waals surface area contributed by atoms with Crippen LogP contribution in [0.15, 0.2) is 12.2 Å². The number of hydrogen-bond acceptors (Lipinski definition) is 14. The van der Waals surface area contributed by atoms with E-state index >= 15 is 28.8 Å². The molecule has 95 heavy (non-hydrogen) atoms. The van der Waals surface area contributed by atoms with Crippen molar-refractivity contribution in [2.75, 3.05) is 82.2 Å². The molecule has 0 aromatic carbocycles. The Labute approximate surface area is 569 Å². The molecule has 11 amide bonds. The van der Waals surface area contributed by atoms with Crippen molar-refractivity contribution in [3.8, 4) is 0 Å². The molecule has 25 nitrogen and oxygen atoms in total. The molecule has 2 saturated heterocycles. The molecular weight excluding hydrogens is 1220 g/mol. The molecule has 544 valence electrons. The molecule has 2 rings (SSSR count). The molecule has 0 bridgehead atoms. The van der Waals surface area contributed by atoms with E-state index in [0.717, 1.165) is 30.8 Å². The largest absolute Gasteiger partial charge is 0.390 e. The fraction of sp³-hybridized carbons (Fsp3) is 0.814. The SMILES string of the molecule is C/C=C/C[C@@H](C)[C@@H](O)[C@H]1C(=O)N[C@@H](CC)C(=O)N(C)[C@H](COCCN2CCCC2)C(=O)N(C)[C@@H](CC(C)C)C(=O)N[C@H](C(C)C)C(=O)N(C)[C@H](CCC(C)C)C(=O)N[C@H](C)C(=O)N[C@@H](C)C(=O)N(C)[C@@H](CC(C)C)C(=O)N(C)[C@@H](CC(C)C)C(=O)N(C)[C@@H](C(C)C)C(=O)N1C. The Kier molecular flexibility index (Phi) is 35.6. The minimum Gasteiger partial charge on any atom is -0.390 e. The van der Waals surface area contributed by atoms with Gasteiger partial charge in [0.05, 0.1) is 19.3 Å². The highest BCUT2D eigenvalue weighted by Crippen LogP contribution is 2.26. The summed E-state index contributed by atoms with van der Waals surface area (Å²) in [5.74, 6) is -9.75. The third kappa shape index (κ3) is 24.4. The van der Waals surface area contributed by atoms with Gasteiger partial charge in [-0.05, 0) is 133 Å². The molecule has 0 unspecified atom stereocenters. The van der Waals surface area contributed by atoms with Crippen molar-refractivity contribution in [3.63, 3.8) is 0 Å². The summed E-state index contributed by atoms with van der Waals surface area (Å²) in [4.78, 5) is 175. The summed E-state index contributed by atoms with van der Waals surface area (Å²) >= 11 is 0. The average Bonchev–Trinajstić information content (AvgIpc) is 0.928. The molecule has 5 N–H and O–H groups in total. The summed E-state index contributed by atoms with van der Waals surface area (Å²) in [6.45, 7) is 32.4. The third-order valence-corrected chi connectivity index (χ3v) is 18.7.